The summed E-state index contributed by atoms with van der Waals surface area (Å²) in [5.74, 6) is -0.0953. The summed E-state index contributed by atoms with van der Waals surface area (Å²) in [7, 11) is 0. The quantitative estimate of drug-likeness (QED) is 0.827. The molecule has 88 valence electrons. The van der Waals surface area contributed by atoms with Crippen LogP contribution >= 0.6 is 11.6 Å². The molecule has 1 N–H and O–H groups in total. The number of amides is 1. The van der Waals surface area contributed by atoms with Gasteiger partial charge in [0.1, 0.15) is 5.88 Å². The van der Waals surface area contributed by atoms with Crippen molar-refractivity contribution in [2.45, 2.75) is 6.42 Å². The second-order valence-corrected chi connectivity index (χ2v) is 4.14. The summed E-state index contributed by atoms with van der Waals surface area (Å²) in [5, 5.41) is 5.25. The van der Waals surface area contributed by atoms with Gasteiger partial charge in [-0.3, -0.25) is 4.79 Å². The van der Waals surface area contributed by atoms with E-state index in [0.717, 1.165) is 6.42 Å². The molecule has 17 heavy (non-hydrogen) atoms. The molecule has 0 aromatic heterocycles. The fourth-order valence-corrected chi connectivity index (χ4v) is 1.99. The topological polar surface area (TPSA) is 29.1 Å². The second kappa shape index (κ2) is 5.69. The predicted molar refractivity (Wildman–Crippen MR) is 71.4 cm³/mol. The number of hydrogen-bond acceptors (Lipinski definition) is 1. The Kier molecular flexibility index (Phi) is 3.99. The molecule has 2 rings (SSSR count). The molecule has 2 aromatic carbocycles. The maximum atomic E-state index is 11.0. The van der Waals surface area contributed by atoms with Crippen molar-refractivity contribution in [1.82, 2.24) is 5.32 Å². The van der Waals surface area contributed by atoms with E-state index in [9.17, 15) is 4.79 Å². The van der Waals surface area contributed by atoms with E-state index < -0.39 is 0 Å². The van der Waals surface area contributed by atoms with Crippen molar-refractivity contribution in [1.29, 1.82) is 0 Å². The number of benzene rings is 2. The second-order valence-electron chi connectivity index (χ2n) is 3.87. The first-order valence-corrected chi connectivity index (χ1v) is 6.14. The molecule has 0 unspecified atom stereocenters. The lowest BCUT2D eigenvalue weighted by Crippen LogP contribution is -2.26. The zero-order valence-electron chi connectivity index (χ0n) is 9.45. The molecule has 0 saturated heterocycles. The normalized spacial score (nSPS) is 10.4. The van der Waals surface area contributed by atoms with Gasteiger partial charge in [-0.05, 0) is 22.8 Å². The molecule has 2 aromatic rings. The van der Waals surface area contributed by atoms with E-state index in [4.69, 9.17) is 11.6 Å². The van der Waals surface area contributed by atoms with Gasteiger partial charge in [-0.1, -0.05) is 42.5 Å². The van der Waals surface area contributed by atoms with Crippen LogP contribution in [0.15, 0.2) is 42.5 Å². The highest BCUT2D eigenvalue weighted by atomic mass is 35.5. The minimum absolute atomic E-state index is 0.0234. The smallest absolute Gasteiger partial charge is 0.234 e. The minimum atomic E-state index is -0.119. The summed E-state index contributed by atoms with van der Waals surface area (Å²) in [6.45, 7) is 0.625. The monoisotopic (exact) mass is 247 g/mol. The van der Waals surface area contributed by atoms with E-state index in [1.54, 1.807) is 0 Å². The van der Waals surface area contributed by atoms with E-state index in [1.165, 1.54) is 16.3 Å². The maximum absolute atomic E-state index is 11.0. The van der Waals surface area contributed by atoms with Crippen molar-refractivity contribution in [3.05, 3.63) is 48.0 Å². The molecule has 1 amide bonds. The highest BCUT2D eigenvalue weighted by Crippen LogP contribution is 2.18. The minimum Gasteiger partial charge on any atom is -0.355 e. The lowest BCUT2D eigenvalue weighted by atomic mass is 10.0. The zero-order chi connectivity index (χ0) is 12.1. The first-order chi connectivity index (χ1) is 8.31. The van der Waals surface area contributed by atoms with Crippen molar-refractivity contribution in [3.8, 4) is 0 Å². The molecular formula is C14H14ClNO. The van der Waals surface area contributed by atoms with Crippen LogP contribution in [0.2, 0.25) is 0 Å². The van der Waals surface area contributed by atoms with Crippen LogP contribution in [0.3, 0.4) is 0 Å². The van der Waals surface area contributed by atoms with Gasteiger partial charge in [-0.15, -0.1) is 11.6 Å². The van der Waals surface area contributed by atoms with Gasteiger partial charge in [0.15, 0.2) is 0 Å². The highest BCUT2D eigenvalue weighted by molar-refractivity contribution is 6.27. The SMILES string of the molecule is O=C(CCl)NCCc1cccc2ccccc12. The summed E-state index contributed by atoms with van der Waals surface area (Å²) in [6.07, 6.45) is 0.823. The summed E-state index contributed by atoms with van der Waals surface area (Å²) in [5.41, 5.74) is 1.25. The molecule has 0 aliphatic rings. The van der Waals surface area contributed by atoms with Crippen LogP contribution in [0, 0.1) is 0 Å². The summed E-state index contributed by atoms with van der Waals surface area (Å²) in [4.78, 5) is 11.0. The molecular weight excluding hydrogens is 234 g/mol. The van der Waals surface area contributed by atoms with Gasteiger partial charge in [0.25, 0.3) is 0 Å². The number of rotatable bonds is 4. The first-order valence-electron chi connectivity index (χ1n) is 5.60. The zero-order valence-corrected chi connectivity index (χ0v) is 10.2. The Morgan fingerprint density at radius 3 is 2.71 bits per heavy atom. The van der Waals surface area contributed by atoms with E-state index >= 15 is 0 Å². The van der Waals surface area contributed by atoms with Gasteiger partial charge in [-0.25, -0.2) is 0 Å². The average Bonchev–Trinajstić information content (AvgIpc) is 2.39. The average molecular weight is 248 g/mol. The van der Waals surface area contributed by atoms with Crippen LogP contribution in [0.25, 0.3) is 10.8 Å². The van der Waals surface area contributed by atoms with E-state index in [-0.39, 0.29) is 11.8 Å². The molecule has 0 aliphatic carbocycles. The Morgan fingerprint density at radius 1 is 1.12 bits per heavy atom. The Balaban J connectivity index is 2.11. The number of halogens is 1. The van der Waals surface area contributed by atoms with Crippen molar-refractivity contribution in [3.63, 3.8) is 0 Å². The molecule has 0 atom stereocenters. The van der Waals surface area contributed by atoms with Gasteiger partial charge in [0.2, 0.25) is 5.91 Å². The predicted octanol–water partition coefficient (Wildman–Crippen LogP) is 2.74. The number of nitrogens with one attached hydrogen (secondary N) is 1. The van der Waals surface area contributed by atoms with Crippen molar-refractivity contribution < 1.29 is 4.79 Å². The van der Waals surface area contributed by atoms with Gasteiger partial charge in [0.05, 0.1) is 0 Å². The standard InChI is InChI=1S/C14H14ClNO/c15-10-14(17)16-9-8-12-6-3-5-11-4-1-2-7-13(11)12/h1-7H,8-10H2,(H,16,17). The van der Waals surface area contributed by atoms with Crippen LogP contribution in [-0.2, 0) is 11.2 Å². The molecule has 0 saturated carbocycles. The number of hydrogen-bond donors (Lipinski definition) is 1. The number of alkyl halides is 1. The molecule has 0 aliphatic heterocycles. The Bertz CT molecular complexity index is 519. The molecule has 2 nitrogen and oxygen atoms in total. The number of carbonyl (C=O) groups excluding carboxylic acids is 1. The van der Waals surface area contributed by atoms with Crippen LogP contribution < -0.4 is 5.32 Å². The number of fused-ring (bicyclic) bond motifs is 1. The molecule has 0 bridgehead atoms. The lowest BCUT2D eigenvalue weighted by molar-refractivity contribution is -0.118. The van der Waals surface area contributed by atoms with Crippen LogP contribution in [0.4, 0.5) is 0 Å². The molecule has 0 radical (unpaired) electrons. The van der Waals surface area contributed by atoms with Gasteiger partial charge in [0, 0.05) is 6.54 Å². The van der Waals surface area contributed by atoms with E-state index in [2.05, 4.69) is 29.6 Å². The Labute approximate surface area is 106 Å². The summed E-state index contributed by atoms with van der Waals surface area (Å²) in [6, 6.07) is 14.5. The Hall–Kier alpha value is -1.54. The van der Waals surface area contributed by atoms with Gasteiger partial charge < -0.3 is 5.32 Å². The lowest BCUT2D eigenvalue weighted by Gasteiger charge is -2.07. The van der Waals surface area contributed by atoms with Gasteiger partial charge in [-0.2, -0.15) is 0 Å². The molecule has 0 fully saturated rings. The summed E-state index contributed by atoms with van der Waals surface area (Å²) < 4.78 is 0. The van der Waals surface area contributed by atoms with Crippen LogP contribution in [-0.4, -0.2) is 18.3 Å². The third kappa shape index (κ3) is 2.98. The highest BCUT2D eigenvalue weighted by Gasteiger charge is 2.01. The van der Waals surface area contributed by atoms with E-state index in [0.29, 0.717) is 6.54 Å². The fraction of sp³-hybridized carbons (Fsp3) is 0.214. The first kappa shape index (κ1) is 11.9. The van der Waals surface area contributed by atoms with Crippen LogP contribution in [0.5, 0.6) is 0 Å². The fourth-order valence-electron chi connectivity index (χ4n) is 1.89. The number of carbonyl (C=O) groups is 1. The van der Waals surface area contributed by atoms with Crippen molar-refractivity contribution in [2.75, 3.05) is 12.4 Å². The van der Waals surface area contributed by atoms with Crippen LogP contribution in [0.1, 0.15) is 5.56 Å². The molecule has 0 heterocycles. The maximum Gasteiger partial charge on any atom is 0.234 e. The van der Waals surface area contributed by atoms with Crippen molar-refractivity contribution in [2.24, 2.45) is 0 Å². The molecule has 0 spiro atoms. The largest absolute Gasteiger partial charge is 0.355 e. The Morgan fingerprint density at radius 2 is 1.88 bits per heavy atom. The van der Waals surface area contributed by atoms with Gasteiger partial charge >= 0.3 is 0 Å². The third-order valence-electron chi connectivity index (χ3n) is 2.72. The molecule has 3 heteroatoms. The third-order valence-corrected chi connectivity index (χ3v) is 2.96. The summed E-state index contributed by atoms with van der Waals surface area (Å²) >= 11 is 5.42. The van der Waals surface area contributed by atoms with Crippen molar-refractivity contribution >= 4 is 28.3 Å². The van der Waals surface area contributed by atoms with E-state index in [1.807, 2.05) is 18.2 Å².